The lowest BCUT2D eigenvalue weighted by molar-refractivity contribution is 0.117. The lowest BCUT2D eigenvalue weighted by atomic mass is 10.2. The molecule has 0 N–H and O–H groups in total. The quantitative estimate of drug-likeness (QED) is 0.470. The average molecular weight is 135 g/mol. The molecule has 47 valence electrons. The molecular formula is C4H8O3P. The molecule has 0 bridgehead atoms. The van der Waals surface area contributed by atoms with Gasteiger partial charge in [0.1, 0.15) is 0 Å². The molecule has 1 radical (unpaired) electrons. The first-order valence-corrected chi connectivity index (χ1v) is 3.61. The number of rotatable bonds is 0. The fourth-order valence-electron chi connectivity index (χ4n) is 0.462. The standard InChI is InChI=1S/C4H8O3P/c1-4-2-6-8(5)7-3-4/h4H,2-3H2,1H3. The normalized spacial score (nSPS) is 35.1. The van der Waals surface area contributed by atoms with Crippen molar-refractivity contribution in [2.45, 2.75) is 6.92 Å². The van der Waals surface area contributed by atoms with E-state index in [2.05, 4.69) is 9.05 Å². The molecule has 0 aromatic rings. The van der Waals surface area contributed by atoms with E-state index in [-0.39, 0.29) is 0 Å². The Morgan fingerprint density at radius 2 is 2.00 bits per heavy atom. The van der Waals surface area contributed by atoms with Crippen LogP contribution in [0.4, 0.5) is 0 Å². The maximum Gasteiger partial charge on any atom is 0.368 e. The minimum Gasteiger partial charge on any atom is -0.282 e. The second kappa shape index (κ2) is 2.53. The summed E-state index contributed by atoms with van der Waals surface area (Å²) in [5.74, 6) is 0.391. The van der Waals surface area contributed by atoms with Gasteiger partial charge in [-0.1, -0.05) is 6.92 Å². The molecule has 4 heteroatoms. The highest BCUT2D eigenvalue weighted by molar-refractivity contribution is 7.33. The Labute approximate surface area is 48.9 Å². The highest BCUT2D eigenvalue weighted by atomic mass is 31.1. The molecule has 0 spiro atoms. The molecule has 0 saturated carbocycles. The van der Waals surface area contributed by atoms with Crippen LogP contribution in [0.15, 0.2) is 0 Å². The Morgan fingerprint density at radius 3 is 2.38 bits per heavy atom. The van der Waals surface area contributed by atoms with E-state index in [0.29, 0.717) is 19.1 Å². The molecular weight excluding hydrogens is 127 g/mol. The van der Waals surface area contributed by atoms with Gasteiger partial charge in [-0.05, 0) is 0 Å². The van der Waals surface area contributed by atoms with Crippen LogP contribution in [0.25, 0.3) is 0 Å². The smallest absolute Gasteiger partial charge is 0.282 e. The molecule has 0 aromatic heterocycles. The van der Waals surface area contributed by atoms with Crippen molar-refractivity contribution in [1.29, 1.82) is 0 Å². The molecule has 1 aliphatic rings. The van der Waals surface area contributed by atoms with Crippen molar-refractivity contribution in [2.75, 3.05) is 13.2 Å². The summed E-state index contributed by atoms with van der Waals surface area (Å²) in [4.78, 5) is 0. The van der Waals surface area contributed by atoms with Gasteiger partial charge in [0.2, 0.25) is 0 Å². The third kappa shape index (κ3) is 1.51. The predicted octanol–water partition coefficient (Wildman–Crippen LogP) is 1.33. The molecule has 1 saturated heterocycles. The zero-order chi connectivity index (χ0) is 5.98. The summed E-state index contributed by atoms with van der Waals surface area (Å²) in [6.45, 7) is 3.12. The molecule has 1 rings (SSSR count). The molecule has 3 nitrogen and oxygen atoms in total. The van der Waals surface area contributed by atoms with Crippen LogP contribution in [0.5, 0.6) is 0 Å². The molecule has 0 aromatic carbocycles. The number of hydrogen-bond acceptors (Lipinski definition) is 3. The van der Waals surface area contributed by atoms with Gasteiger partial charge < -0.3 is 0 Å². The van der Waals surface area contributed by atoms with E-state index in [4.69, 9.17) is 0 Å². The van der Waals surface area contributed by atoms with Gasteiger partial charge in [-0.2, -0.15) is 0 Å². The van der Waals surface area contributed by atoms with Crippen molar-refractivity contribution in [2.24, 2.45) is 5.92 Å². The first-order chi connectivity index (χ1) is 3.79. The predicted molar refractivity (Wildman–Crippen MR) is 28.7 cm³/mol. The fraction of sp³-hybridized carbons (Fsp3) is 1.00. The van der Waals surface area contributed by atoms with E-state index < -0.39 is 8.25 Å². The SMILES string of the molecule is CC1CO[P](=O)OC1. The van der Waals surface area contributed by atoms with Crippen LogP contribution >= 0.6 is 8.25 Å². The summed E-state index contributed by atoms with van der Waals surface area (Å²) in [7, 11) is -1.77. The Balaban J connectivity index is 2.29. The molecule has 1 heterocycles. The van der Waals surface area contributed by atoms with Crippen LogP contribution in [-0.4, -0.2) is 13.2 Å². The molecule has 1 aliphatic heterocycles. The lowest BCUT2D eigenvalue weighted by Gasteiger charge is -2.15. The minimum atomic E-state index is -1.77. The summed E-state index contributed by atoms with van der Waals surface area (Å²) in [6, 6.07) is 0. The van der Waals surface area contributed by atoms with Crippen LogP contribution in [0, 0.1) is 5.92 Å². The summed E-state index contributed by atoms with van der Waals surface area (Å²) in [6.07, 6.45) is 0. The summed E-state index contributed by atoms with van der Waals surface area (Å²) < 4.78 is 19.7. The van der Waals surface area contributed by atoms with Gasteiger partial charge >= 0.3 is 8.25 Å². The van der Waals surface area contributed by atoms with E-state index in [1.165, 1.54) is 0 Å². The van der Waals surface area contributed by atoms with Crippen LogP contribution in [0.2, 0.25) is 0 Å². The van der Waals surface area contributed by atoms with E-state index in [1.807, 2.05) is 6.92 Å². The van der Waals surface area contributed by atoms with Gasteiger partial charge in [0.15, 0.2) is 0 Å². The lowest BCUT2D eigenvalue weighted by Crippen LogP contribution is -2.13. The highest BCUT2D eigenvalue weighted by Crippen LogP contribution is 2.29. The van der Waals surface area contributed by atoms with Gasteiger partial charge in [-0.3, -0.25) is 9.05 Å². The van der Waals surface area contributed by atoms with Gasteiger partial charge in [-0.25, -0.2) is 4.57 Å². The third-order valence-corrected chi connectivity index (χ3v) is 1.65. The van der Waals surface area contributed by atoms with E-state index in [0.717, 1.165) is 0 Å². The summed E-state index contributed by atoms with van der Waals surface area (Å²) in [5, 5.41) is 0. The second-order valence-corrected chi connectivity index (χ2v) is 2.88. The minimum absolute atomic E-state index is 0.391. The van der Waals surface area contributed by atoms with Crippen molar-refractivity contribution < 1.29 is 13.6 Å². The van der Waals surface area contributed by atoms with E-state index in [9.17, 15) is 4.57 Å². The second-order valence-electron chi connectivity index (χ2n) is 1.92. The molecule has 0 atom stereocenters. The van der Waals surface area contributed by atoms with Crippen molar-refractivity contribution in [1.82, 2.24) is 0 Å². The molecule has 8 heavy (non-hydrogen) atoms. The topological polar surface area (TPSA) is 35.5 Å². The number of hydrogen-bond donors (Lipinski definition) is 0. The van der Waals surface area contributed by atoms with Crippen molar-refractivity contribution in [3.8, 4) is 0 Å². The van der Waals surface area contributed by atoms with Gasteiger partial charge in [0.25, 0.3) is 0 Å². The van der Waals surface area contributed by atoms with Gasteiger partial charge in [0.05, 0.1) is 13.2 Å². The third-order valence-electron chi connectivity index (χ3n) is 0.929. The summed E-state index contributed by atoms with van der Waals surface area (Å²) >= 11 is 0. The zero-order valence-electron chi connectivity index (χ0n) is 4.66. The fourth-order valence-corrected chi connectivity index (χ4v) is 1.29. The van der Waals surface area contributed by atoms with Crippen LogP contribution in [-0.2, 0) is 13.6 Å². The van der Waals surface area contributed by atoms with Crippen LogP contribution in [0.3, 0.4) is 0 Å². The molecule has 0 unspecified atom stereocenters. The van der Waals surface area contributed by atoms with Crippen LogP contribution in [0.1, 0.15) is 6.92 Å². The maximum atomic E-state index is 10.3. The zero-order valence-corrected chi connectivity index (χ0v) is 5.56. The Morgan fingerprint density at radius 1 is 1.50 bits per heavy atom. The molecule has 0 aliphatic carbocycles. The van der Waals surface area contributed by atoms with E-state index in [1.54, 1.807) is 0 Å². The average Bonchev–Trinajstić information content (AvgIpc) is 1.77. The summed E-state index contributed by atoms with van der Waals surface area (Å²) in [5.41, 5.74) is 0. The van der Waals surface area contributed by atoms with Crippen molar-refractivity contribution >= 4 is 8.25 Å². The Bertz CT molecular complexity index is 93.5. The Kier molecular flexibility index (Phi) is 1.95. The Hall–Kier alpha value is 0.0200. The van der Waals surface area contributed by atoms with E-state index >= 15 is 0 Å². The maximum absolute atomic E-state index is 10.3. The van der Waals surface area contributed by atoms with Gasteiger partial charge in [-0.15, -0.1) is 0 Å². The van der Waals surface area contributed by atoms with Crippen LogP contribution < -0.4 is 0 Å². The monoisotopic (exact) mass is 135 g/mol. The molecule has 1 fully saturated rings. The first-order valence-electron chi connectivity index (χ1n) is 2.52. The largest absolute Gasteiger partial charge is 0.368 e. The first kappa shape index (κ1) is 6.14. The van der Waals surface area contributed by atoms with Crippen molar-refractivity contribution in [3.63, 3.8) is 0 Å². The molecule has 0 amide bonds. The van der Waals surface area contributed by atoms with Gasteiger partial charge in [0, 0.05) is 5.92 Å². The highest BCUT2D eigenvalue weighted by Gasteiger charge is 2.14. The van der Waals surface area contributed by atoms with Crippen molar-refractivity contribution in [3.05, 3.63) is 0 Å².